The number of rotatable bonds is 6. The van der Waals surface area contributed by atoms with Gasteiger partial charge in [-0.1, -0.05) is 31.2 Å². The van der Waals surface area contributed by atoms with Gasteiger partial charge >= 0.3 is 5.97 Å². The number of benzene rings is 1. The molecule has 0 spiro atoms. The van der Waals surface area contributed by atoms with Crippen LogP contribution in [0.1, 0.15) is 43.9 Å². The molecule has 0 fully saturated rings. The zero-order chi connectivity index (χ0) is 16.1. The van der Waals surface area contributed by atoms with Gasteiger partial charge in [-0.25, -0.2) is 0 Å². The first kappa shape index (κ1) is 16.5. The van der Waals surface area contributed by atoms with Gasteiger partial charge in [0.2, 0.25) is 5.91 Å². The van der Waals surface area contributed by atoms with Crippen molar-refractivity contribution in [3.8, 4) is 0 Å². The Kier molecular flexibility index (Phi) is 5.55. The topological polar surface area (TPSA) is 66.8 Å². The van der Waals surface area contributed by atoms with Crippen LogP contribution in [0.5, 0.6) is 0 Å². The van der Waals surface area contributed by atoms with Gasteiger partial charge in [-0.2, -0.15) is 0 Å². The van der Waals surface area contributed by atoms with Gasteiger partial charge in [0.05, 0.1) is 19.1 Å². The second-order valence-electron chi connectivity index (χ2n) is 5.69. The van der Waals surface area contributed by atoms with E-state index in [1.165, 1.54) is 10.5 Å². The minimum absolute atomic E-state index is 0.0950. The third-order valence-electron chi connectivity index (χ3n) is 4.20. The monoisotopic (exact) mass is 305 g/mol. The lowest BCUT2D eigenvalue weighted by molar-refractivity contribution is -0.147. The van der Waals surface area contributed by atoms with Crippen molar-refractivity contribution in [2.75, 3.05) is 13.2 Å². The van der Waals surface area contributed by atoms with Crippen molar-refractivity contribution < 1.29 is 19.4 Å². The minimum Gasteiger partial charge on any atom is -0.480 e. The van der Waals surface area contributed by atoms with E-state index in [0.717, 1.165) is 18.4 Å². The number of hydrogen-bond donors (Lipinski definition) is 1. The Hall–Kier alpha value is -1.88. The summed E-state index contributed by atoms with van der Waals surface area (Å²) in [6, 6.07) is 7.87. The summed E-state index contributed by atoms with van der Waals surface area (Å²) in [6.07, 6.45) is 1.48. The van der Waals surface area contributed by atoms with Crippen LogP contribution in [0.25, 0.3) is 0 Å². The van der Waals surface area contributed by atoms with E-state index in [4.69, 9.17) is 9.84 Å². The summed E-state index contributed by atoms with van der Waals surface area (Å²) in [4.78, 5) is 25.0. The molecule has 2 atom stereocenters. The Balaban J connectivity index is 2.12. The molecule has 1 aromatic rings. The molecule has 0 saturated heterocycles. The third kappa shape index (κ3) is 3.85. The second-order valence-corrected chi connectivity index (χ2v) is 5.69. The molecule has 1 heterocycles. The van der Waals surface area contributed by atoms with E-state index in [1.807, 2.05) is 32.0 Å². The molecule has 0 aliphatic carbocycles. The Morgan fingerprint density at radius 3 is 2.82 bits per heavy atom. The molecule has 120 valence electrons. The molecular weight excluding hydrogens is 282 g/mol. The maximum absolute atomic E-state index is 12.5. The predicted octanol–water partition coefficient (Wildman–Crippen LogP) is 2.40. The highest BCUT2D eigenvalue weighted by Gasteiger charge is 2.28. The summed E-state index contributed by atoms with van der Waals surface area (Å²) >= 11 is 0. The standard InChI is InChI=1S/C17H23NO4/c1-3-12(2)18(11-17(20)21)16(19)10-15-14-7-5-4-6-13(14)8-9-22-15/h4-7,12,15H,3,8-11H2,1-2H3,(H,20,21). The molecule has 0 aromatic heterocycles. The molecule has 0 radical (unpaired) electrons. The van der Waals surface area contributed by atoms with Gasteiger partial charge in [0.25, 0.3) is 0 Å². The summed E-state index contributed by atoms with van der Waals surface area (Å²) < 4.78 is 5.75. The summed E-state index contributed by atoms with van der Waals surface area (Å²) in [5.41, 5.74) is 2.25. The lowest BCUT2D eigenvalue weighted by Gasteiger charge is -2.31. The van der Waals surface area contributed by atoms with E-state index in [9.17, 15) is 9.59 Å². The molecule has 5 nitrogen and oxygen atoms in total. The van der Waals surface area contributed by atoms with Crippen LogP contribution in [0, 0.1) is 0 Å². The summed E-state index contributed by atoms with van der Waals surface area (Å²) in [5, 5.41) is 9.02. The quantitative estimate of drug-likeness (QED) is 0.876. The van der Waals surface area contributed by atoms with E-state index in [0.29, 0.717) is 6.61 Å². The highest BCUT2D eigenvalue weighted by atomic mass is 16.5. The number of carbonyl (C=O) groups is 2. The van der Waals surface area contributed by atoms with Crippen LogP contribution < -0.4 is 0 Å². The van der Waals surface area contributed by atoms with E-state index in [2.05, 4.69) is 6.07 Å². The fourth-order valence-electron chi connectivity index (χ4n) is 2.78. The first-order chi connectivity index (χ1) is 10.5. The zero-order valence-corrected chi connectivity index (χ0v) is 13.1. The van der Waals surface area contributed by atoms with Crippen molar-refractivity contribution in [2.45, 2.75) is 45.3 Å². The van der Waals surface area contributed by atoms with E-state index >= 15 is 0 Å². The molecule has 1 aliphatic rings. The van der Waals surface area contributed by atoms with Crippen molar-refractivity contribution in [1.29, 1.82) is 0 Å². The van der Waals surface area contributed by atoms with Crippen LogP contribution in [0.4, 0.5) is 0 Å². The summed E-state index contributed by atoms with van der Waals surface area (Å²) in [7, 11) is 0. The highest BCUT2D eigenvalue weighted by Crippen LogP contribution is 2.30. The lowest BCUT2D eigenvalue weighted by atomic mass is 9.95. The van der Waals surface area contributed by atoms with Crippen molar-refractivity contribution >= 4 is 11.9 Å². The van der Waals surface area contributed by atoms with Crippen molar-refractivity contribution in [3.05, 3.63) is 35.4 Å². The number of carboxylic acid groups (broad SMARTS) is 1. The van der Waals surface area contributed by atoms with Gasteiger partial charge in [-0.3, -0.25) is 9.59 Å². The van der Waals surface area contributed by atoms with E-state index < -0.39 is 5.97 Å². The molecule has 1 aliphatic heterocycles. The fourth-order valence-corrected chi connectivity index (χ4v) is 2.78. The van der Waals surface area contributed by atoms with Crippen molar-refractivity contribution in [2.24, 2.45) is 0 Å². The van der Waals surface area contributed by atoms with E-state index in [1.54, 1.807) is 0 Å². The third-order valence-corrected chi connectivity index (χ3v) is 4.20. The first-order valence-electron chi connectivity index (χ1n) is 7.73. The molecule has 0 bridgehead atoms. The molecule has 2 unspecified atom stereocenters. The number of amides is 1. The first-order valence-corrected chi connectivity index (χ1v) is 7.73. The Morgan fingerprint density at radius 2 is 2.14 bits per heavy atom. The molecular formula is C17H23NO4. The normalized spacial score (nSPS) is 18.4. The Labute approximate surface area is 130 Å². The predicted molar refractivity (Wildman–Crippen MR) is 82.6 cm³/mol. The highest BCUT2D eigenvalue weighted by molar-refractivity contribution is 5.82. The average molecular weight is 305 g/mol. The van der Waals surface area contributed by atoms with Crippen LogP contribution in [0.15, 0.2) is 24.3 Å². The van der Waals surface area contributed by atoms with E-state index in [-0.39, 0.29) is 31.0 Å². The van der Waals surface area contributed by atoms with Crippen molar-refractivity contribution in [3.63, 3.8) is 0 Å². The SMILES string of the molecule is CCC(C)N(CC(=O)O)C(=O)CC1OCCc2ccccc21. The Morgan fingerprint density at radius 1 is 1.41 bits per heavy atom. The number of ether oxygens (including phenoxy) is 1. The van der Waals surface area contributed by atoms with Gasteiger partial charge in [0.15, 0.2) is 0 Å². The number of hydrogen-bond acceptors (Lipinski definition) is 3. The smallest absolute Gasteiger partial charge is 0.323 e. The molecule has 22 heavy (non-hydrogen) atoms. The lowest BCUT2D eigenvalue weighted by Crippen LogP contribution is -2.42. The molecule has 1 N–H and O–H groups in total. The summed E-state index contributed by atoms with van der Waals surface area (Å²) in [5.74, 6) is -1.16. The maximum Gasteiger partial charge on any atom is 0.323 e. The van der Waals surface area contributed by atoms with Crippen LogP contribution in [0.3, 0.4) is 0 Å². The largest absolute Gasteiger partial charge is 0.480 e. The van der Waals surface area contributed by atoms with Crippen LogP contribution in [-0.4, -0.2) is 41.1 Å². The maximum atomic E-state index is 12.5. The Bertz CT molecular complexity index is 543. The van der Waals surface area contributed by atoms with Crippen LogP contribution >= 0.6 is 0 Å². The molecule has 1 amide bonds. The number of carboxylic acids is 1. The second kappa shape index (κ2) is 7.40. The van der Waals surface area contributed by atoms with Gasteiger partial charge < -0.3 is 14.7 Å². The molecule has 5 heteroatoms. The molecule has 0 saturated carbocycles. The van der Waals surface area contributed by atoms with Gasteiger partial charge in [-0.15, -0.1) is 0 Å². The number of nitrogens with zero attached hydrogens (tertiary/aromatic N) is 1. The number of fused-ring (bicyclic) bond motifs is 1. The van der Waals surface area contributed by atoms with Crippen LogP contribution in [-0.2, 0) is 20.7 Å². The number of aliphatic carboxylic acids is 1. The zero-order valence-electron chi connectivity index (χ0n) is 13.1. The van der Waals surface area contributed by atoms with Crippen LogP contribution in [0.2, 0.25) is 0 Å². The van der Waals surface area contributed by atoms with Gasteiger partial charge in [0.1, 0.15) is 6.54 Å². The minimum atomic E-state index is -0.987. The van der Waals surface area contributed by atoms with Gasteiger partial charge in [-0.05, 0) is 30.9 Å². The van der Waals surface area contributed by atoms with Crippen molar-refractivity contribution in [1.82, 2.24) is 4.90 Å². The number of carbonyl (C=O) groups excluding carboxylic acids is 1. The molecule has 2 rings (SSSR count). The average Bonchev–Trinajstić information content (AvgIpc) is 2.52. The summed E-state index contributed by atoms with van der Waals surface area (Å²) in [6.45, 7) is 4.15. The molecule has 1 aromatic carbocycles. The fraction of sp³-hybridized carbons (Fsp3) is 0.529. The van der Waals surface area contributed by atoms with Gasteiger partial charge in [0, 0.05) is 6.04 Å².